The molecule has 1 amide bonds. The molecule has 0 aliphatic rings. The van der Waals surface area contributed by atoms with Gasteiger partial charge in [0.15, 0.2) is 0 Å². The molecule has 2 N–H and O–H groups in total. The average Bonchev–Trinajstić information content (AvgIpc) is 2.57. The van der Waals surface area contributed by atoms with Crippen LogP contribution < -0.4 is 5.32 Å². The molecule has 0 saturated heterocycles. The van der Waals surface area contributed by atoms with E-state index in [2.05, 4.69) is 42.6 Å². The highest BCUT2D eigenvalue weighted by Gasteiger charge is 2.18. The number of unbranched alkanes of at least 4 members (excludes halogenated alkanes) is 2. The molecule has 0 bridgehead atoms. The van der Waals surface area contributed by atoms with E-state index in [1.54, 1.807) is 13.0 Å². The van der Waals surface area contributed by atoms with Gasteiger partial charge < -0.3 is 10.4 Å². The Labute approximate surface area is 153 Å². The van der Waals surface area contributed by atoms with Gasteiger partial charge in [0, 0.05) is 12.6 Å². The molecule has 140 valence electrons. The van der Waals surface area contributed by atoms with Gasteiger partial charge in [0.05, 0.1) is 5.60 Å². The van der Waals surface area contributed by atoms with Crippen LogP contribution >= 0.6 is 0 Å². The summed E-state index contributed by atoms with van der Waals surface area (Å²) >= 11 is 0. The molecule has 0 aliphatic carbocycles. The van der Waals surface area contributed by atoms with Crippen LogP contribution in [0.2, 0.25) is 0 Å². The number of carbonyl (C=O) groups excluding carboxylic acids is 1. The van der Waals surface area contributed by atoms with Crippen molar-refractivity contribution in [1.82, 2.24) is 5.32 Å². The Balaban J connectivity index is 3.85. The Morgan fingerprint density at radius 3 is 2.04 bits per heavy atom. The number of rotatable bonds is 13. The van der Waals surface area contributed by atoms with E-state index in [1.165, 1.54) is 12.5 Å². The molecule has 0 rings (SSSR count). The van der Waals surface area contributed by atoms with Gasteiger partial charge in [-0.2, -0.15) is 0 Å². The molecule has 0 heterocycles. The van der Waals surface area contributed by atoms with Crippen molar-refractivity contribution in [3.63, 3.8) is 0 Å². The summed E-state index contributed by atoms with van der Waals surface area (Å²) in [5.41, 5.74) is -0.836. The Morgan fingerprint density at radius 2 is 1.44 bits per heavy atom. The second-order valence-electron chi connectivity index (χ2n) is 6.36. The molecule has 0 aliphatic heterocycles. The van der Waals surface area contributed by atoms with Gasteiger partial charge in [0.25, 0.3) is 0 Å². The lowest BCUT2D eigenvalue weighted by Gasteiger charge is -2.22. The lowest BCUT2D eigenvalue weighted by Crippen LogP contribution is -2.39. The van der Waals surface area contributed by atoms with Crippen molar-refractivity contribution in [3.8, 4) is 0 Å². The SMILES string of the molecule is CCCC=CC=CCCC=CC=CC=CC(=O)NCC(C)(O)CCC. The zero-order valence-electron chi connectivity index (χ0n) is 16.1. The normalized spacial score (nSPS) is 15.2. The highest BCUT2D eigenvalue weighted by molar-refractivity contribution is 5.87. The van der Waals surface area contributed by atoms with E-state index in [-0.39, 0.29) is 12.5 Å². The maximum absolute atomic E-state index is 11.6. The molecule has 0 spiro atoms. The minimum Gasteiger partial charge on any atom is -0.388 e. The van der Waals surface area contributed by atoms with E-state index < -0.39 is 5.60 Å². The smallest absolute Gasteiger partial charge is 0.244 e. The van der Waals surface area contributed by atoms with Gasteiger partial charge in [-0.1, -0.05) is 81.4 Å². The number of nitrogens with one attached hydrogen (secondary N) is 1. The number of amides is 1. The first-order valence-corrected chi connectivity index (χ1v) is 9.33. The summed E-state index contributed by atoms with van der Waals surface area (Å²) in [6, 6.07) is 0. The summed E-state index contributed by atoms with van der Waals surface area (Å²) in [6.07, 6.45) is 25.4. The summed E-state index contributed by atoms with van der Waals surface area (Å²) in [4.78, 5) is 11.6. The first kappa shape index (κ1) is 23.1. The first-order valence-electron chi connectivity index (χ1n) is 9.33. The standard InChI is InChI=1S/C22H35NO2/c1-4-6-7-8-9-10-11-12-13-14-15-16-17-18-21(24)23-20-22(3,25)19-5-2/h7-10,13-18,25H,4-6,11-12,19-20H2,1-3H3,(H,23,24). The van der Waals surface area contributed by atoms with Crippen molar-refractivity contribution >= 4 is 5.91 Å². The Bertz CT molecular complexity index is 482. The molecule has 1 unspecified atom stereocenters. The Hall–Kier alpha value is -1.87. The van der Waals surface area contributed by atoms with Crippen molar-refractivity contribution in [2.45, 2.75) is 64.9 Å². The zero-order valence-corrected chi connectivity index (χ0v) is 16.1. The fraction of sp³-hybridized carbons (Fsp3) is 0.500. The van der Waals surface area contributed by atoms with Crippen LogP contribution in [-0.2, 0) is 4.79 Å². The molecule has 0 radical (unpaired) electrons. The van der Waals surface area contributed by atoms with Crippen molar-refractivity contribution in [1.29, 1.82) is 0 Å². The van der Waals surface area contributed by atoms with E-state index >= 15 is 0 Å². The van der Waals surface area contributed by atoms with Crippen LogP contribution in [0.3, 0.4) is 0 Å². The monoisotopic (exact) mass is 345 g/mol. The van der Waals surface area contributed by atoms with Crippen molar-refractivity contribution in [3.05, 3.63) is 60.8 Å². The third kappa shape index (κ3) is 16.8. The van der Waals surface area contributed by atoms with Crippen LogP contribution in [0, 0.1) is 0 Å². The zero-order chi connectivity index (χ0) is 18.8. The topological polar surface area (TPSA) is 49.3 Å². The van der Waals surface area contributed by atoms with E-state index in [1.807, 2.05) is 25.2 Å². The van der Waals surface area contributed by atoms with Crippen LogP contribution in [0.5, 0.6) is 0 Å². The van der Waals surface area contributed by atoms with Crippen LogP contribution in [0.4, 0.5) is 0 Å². The van der Waals surface area contributed by atoms with Gasteiger partial charge in [-0.3, -0.25) is 4.79 Å². The Morgan fingerprint density at radius 1 is 0.880 bits per heavy atom. The molecule has 3 heteroatoms. The van der Waals surface area contributed by atoms with E-state index in [4.69, 9.17) is 0 Å². The summed E-state index contributed by atoms with van der Waals surface area (Å²) in [7, 11) is 0. The number of hydrogen-bond donors (Lipinski definition) is 2. The van der Waals surface area contributed by atoms with Crippen molar-refractivity contribution in [2.75, 3.05) is 6.54 Å². The summed E-state index contributed by atoms with van der Waals surface area (Å²) in [5, 5.41) is 12.7. The molecule has 0 aromatic rings. The van der Waals surface area contributed by atoms with Gasteiger partial charge in [-0.15, -0.1) is 0 Å². The minimum atomic E-state index is -0.836. The summed E-state index contributed by atoms with van der Waals surface area (Å²) in [6.45, 7) is 6.19. The van der Waals surface area contributed by atoms with Gasteiger partial charge >= 0.3 is 0 Å². The van der Waals surface area contributed by atoms with Crippen molar-refractivity contribution < 1.29 is 9.90 Å². The van der Waals surface area contributed by atoms with E-state index in [0.29, 0.717) is 6.42 Å². The third-order valence-electron chi connectivity index (χ3n) is 3.49. The fourth-order valence-electron chi connectivity index (χ4n) is 2.12. The maximum atomic E-state index is 11.6. The molecule has 0 saturated carbocycles. The number of allylic oxidation sites excluding steroid dienone is 9. The lowest BCUT2D eigenvalue weighted by atomic mass is 10.0. The van der Waals surface area contributed by atoms with Crippen LogP contribution in [0.25, 0.3) is 0 Å². The molecule has 1 atom stereocenters. The average molecular weight is 346 g/mol. The molecule has 3 nitrogen and oxygen atoms in total. The molecule has 0 aromatic carbocycles. The van der Waals surface area contributed by atoms with E-state index in [0.717, 1.165) is 25.7 Å². The van der Waals surface area contributed by atoms with Crippen LogP contribution in [0.1, 0.15) is 59.3 Å². The van der Waals surface area contributed by atoms with Crippen LogP contribution in [0.15, 0.2) is 60.8 Å². The predicted octanol–water partition coefficient (Wildman–Crippen LogP) is 5.02. The number of carbonyl (C=O) groups is 1. The largest absolute Gasteiger partial charge is 0.388 e. The fourth-order valence-corrected chi connectivity index (χ4v) is 2.12. The summed E-state index contributed by atoms with van der Waals surface area (Å²) in [5.74, 6) is -0.189. The number of hydrogen-bond acceptors (Lipinski definition) is 2. The van der Waals surface area contributed by atoms with Gasteiger partial charge in [-0.05, 0) is 32.6 Å². The predicted molar refractivity (Wildman–Crippen MR) is 108 cm³/mol. The molecular weight excluding hydrogens is 310 g/mol. The second kappa shape index (κ2) is 15.6. The van der Waals surface area contributed by atoms with Gasteiger partial charge in [0.1, 0.15) is 0 Å². The Kier molecular flexibility index (Phi) is 14.5. The second-order valence-corrected chi connectivity index (χ2v) is 6.36. The summed E-state index contributed by atoms with van der Waals surface area (Å²) < 4.78 is 0. The quantitative estimate of drug-likeness (QED) is 0.280. The van der Waals surface area contributed by atoms with E-state index in [9.17, 15) is 9.90 Å². The number of aliphatic hydroxyl groups is 1. The molecule has 0 fully saturated rings. The maximum Gasteiger partial charge on any atom is 0.244 e. The molecular formula is C22H35NO2. The molecule has 25 heavy (non-hydrogen) atoms. The highest BCUT2D eigenvalue weighted by atomic mass is 16.3. The highest BCUT2D eigenvalue weighted by Crippen LogP contribution is 2.09. The van der Waals surface area contributed by atoms with Gasteiger partial charge in [-0.25, -0.2) is 0 Å². The third-order valence-corrected chi connectivity index (χ3v) is 3.49. The first-order chi connectivity index (χ1) is 12.0. The van der Waals surface area contributed by atoms with Crippen molar-refractivity contribution in [2.24, 2.45) is 0 Å². The molecule has 0 aromatic heterocycles. The lowest BCUT2D eigenvalue weighted by molar-refractivity contribution is -0.117. The van der Waals surface area contributed by atoms with Crippen LogP contribution in [-0.4, -0.2) is 23.2 Å². The van der Waals surface area contributed by atoms with Gasteiger partial charge in [0.2, 0.25) is 5.91 Å². The minimum absolute atomic E-state index is 0.189.